The Kier molecular flexibility index (Phi) is 6.23. The summed E-state index contributed by atoms with van der Waals surface area (Å²) in [5.41, 5.74) is 8.30. The molecule has 1 aliphatic carbocycles. The van der Waals surface area contributed by atoms with Crippen LogP contribution in [0.4, 0.5) is 0 Å². The van der Waals surface area contributed by atoms with Crippen LogP contribution in [0, 0.1) is 19.8 Å². The maximum Gasteiger partial charge on any atom is 0.145 e. The highest BCUT2D eigenvalue weighted by Crippen LogP contribution is 2.30. The van der Waals surface area contributed by atoms with Gasteiger partial charge in [0, 0.05) is 28.8 Å². The minimum absolute atomic E-state index is 0.0970. The first-order chi connectivity index (χ1) is 16.4. The number of nitrogens with zero attached hydrogens (tertiary/aromatic N) is 2. The van der Waals surface area contributed by atoms with Gasteiger partial charge in [0.15, 0.2) is 0 Å². The van der Waals surface area contributed by atoms with Gasteiger partial charge in [0.05, 0.1) is 11.8 Å². The van der Waals surface area contributed by atoms with Crippen molar-refractivity contribution in [2.24, 2.45) is 15.9 Å². The van der Waals surface area contributed by atoms with Crippen molar-refractivity contribution < 1.29 is 0 Å². The second-order valence-electron chi connectivity index (χ2n) is 9.91. The number of hydrogen-bond donors (Lipinski definition) is 2. The lowest BCUT2D eigenvalue weighted by Crippen LogP contribution is -2.40. The molecule has 0 amide bonds. The Bertz CT molecular complexity index is 1230. The van der Waals surface area contributed by atoms with Crippen molar-refractivity contribution >= 4 is 11.5 Å². The van der Waals surface area contributed by atoms with E-state index in [1.807, 2.05) is 0 Å². The predicted octanol–water partition coefficient (Wildman–Crippen LogP) is 5.95. The van der Waals surface area contributed by atoms with Crippen LogP contribution in [-0.4, -0.2) is 23.6 Å². The van der Waals surface area contributed by atoms with E-state index in [1.165, 1.54) is 28.0 Å². The second-order valence-corrected chi connectivity index (χ2v) is 9.91. The van der Waals surface area contributed by atoms with Crippen LogP contribution < -0.4 is 10.6 Å². The summed E-state index contributed by atoms with van der Waals surface area (Å²) in [7, 11) is 0. The summed E-state index contributed by atoms with van der Waals surface area (Å²) in [6, 6.07) is 18.1. The summed E-state index contributed by atoms with van der Waals surface area (Å²) in [5, 5.41) is 7.30. The van der Waals surface area contributed by atoms with Crippen molar-refractivity contribution in [3.05, 3.63) is 106 Å². The van der Waals surface area contributed by atoms with Gasteiger partial charge in [0.2, 0.25) is 0 Å². The van der Waals surface area contributed by atoms with E-state index in [4.69, 9.17) is 9.98 Å². The van der Waals surface area contributed by atoms with E-state index in [2.05, 4.69) is 111 Å². The molecule has 0 spiro atoms. The molecule has 4 nitrogen and oxygen atoms in total. The molecule has 0 saturated heterocycles. The number of amidine groups is 1. The zero-order valence-electron chi connectivity index (χ0n) is 20.5. The maximum absolute atomic E-state index is 5.12. The standard InChI is InChI=1S/C30H34N4/c1-19-7-5-9-25(15-19)28-18-27(33-30(34-28)26-10-6-8-20(2)16-26)23-11-13-24(14-12-23)29-31-21(3)17-22(4)32-29/h5-11,13-16,18,21-23,30,33H,12,17H2,1-4H3,(H,31,32). The van der Waals surface area contributed by atoms with Gasteiger partial charge in [-0.3, -0.25) is 9.98 Å². The molecule has 2 aromatic carbocycles. The number of allylic oxidation sites excluding steroid dienone is 3. The van der Waals surface area contributed by atoms with E-state index in [-0.39, 0.29) is 12.1 Å². The van der Waals surface area contributed by atoms with E-state index < -0.39 is 0 Å². The van der Waals surface area contributed by atoms with E-state index in [1.54, 1.807) is 0 Å². The third-order valence-electron chi connectivity index (χ3n) is 6.74. The number of aliphatic imine (C=N–C) groups is 2. The Morgan fingerprint density at radius 1 is 0.912 bits per heavy atom. The normalized spacial score (nSPS) is 26.5. The molecule has 3 aliphatic rings. The summed E-state index contributed by atoms with van der Waals surface area (Å²) in [4.78, 5) is 9.97. The van der Waals surface area contributed by atoms with Gasteiger partial charge in [-0.1, -0.05) is 71.8 Å². The van der Waals surface area contributed by atoms with Crippen molar-refractivity contribution in [1.82, 2.24) is 10.6 Å². The first-order valence-corrected chi connectivity index (χ1v) is 12.4. The second kappa shape index (κ2) is 9.46. The summed E-state index contributed by atoms with van der Waals surface area (Å²) < 4.78 is 0. The highest BCUT2D eigenvalue weighted by molar-refractivity contribution is 6.09. The largest absolute Gasteiger partial charge is 0.367 e. The summed E-state index contributed by atoms with van der Waals surface area (Å²) >= 11 is 0. The monoisotopic (exact) mass is 450 g/mol. The van der Waals surface area contributed by atoms with Crippen molar-refractivity contribution in [2.75, 3.05) is 0 Å². The molecule has 0 bridgehead atoms. The molecular weight excluding hydrogens is 416 g/mol. The maximum atomic E-state index is 5.12. The van der Waals surface area contributed by atoms with Crippen LogP contribution in [0.5, 0.6) is 0 Å². The molecule has 2 aromatic rings. The number of aryl methyl sites for hydroxylation is 2. The molecule has 2 heterocycles. The SMILES string of the molecule is Cc1cccc(C2=NC(c3cccc(C)c3)NC(C3C=CC(C4=NC(C)CC(C)N4)=CC3)=C2)c1. The average Bonchev–Trinajstić information content (AvgIpc) is 2.83. The number of hydrogen-bond acceptors (Lipinski definition) is 4. The van der Waals surface area contributed by atoms with Crippen molar-refractivity contribution in [3.8, 4) is 0 Å². The zero-order chi connectivity index (χ0) is 23.7. The summed E-state index contributed by atoms with van der Waals surface area (Å²) in [6.07, 6.45) is 11.0. The van der Waals surface area contributed by atoms with Crippen LogP contribution in [0.1, 0.15) is 55.1 Å². The van der Waals surface area contributed by atoms with Crippen LogP contribution in [0.3, 0.4) is 0 Å². The van der Waals surface area contributed by atoms with Gasteiger partial charge in [-0.2, -0.15) is 0 Å². The first-order valence-electron chi connectivity index (χ1n) is 12.4. The molecule has 0 saturated carbocycles. The Hall–Kier alpha value is -3.40. The van der Waals surface area contributed by atoms with Crippen molar-refractivity contribution in [3.63, 3.8) is 0 Å². The molecule has 174 valence electrons. The van der Waals surface area contributed by atoms with E-state index in [0.29, 0.717) is 12.1 Å². The Balaban J connectivity index is 1.43. The summed E-state index contributed by atoms with van der Waals surface area (Å²) in [5.74, 6) is 1.32. The molecule has 2 N–H and O–H groups in total. The number of nitrogens with one attached hydrogen (secondary N) is 2. The van der Waals surface area contributed by atoms with Crippen molar-refractivity contribution in [1.29, 1.82) is 0 Å². The fraction of sp³-hybridized carbons (Fsp3) is 0.333. The minimum atomic E-state index is -0.0970. The zero-order valence-corrected chi connectivity index (χ0v) is 20.5. The van der Waals surface area contributed by atoms with Gasteiger partial charge in [-0.25, -0.2) is 0 Å². The predicted molar refractivity (Wildman–Crippen MR) is 142 cm³/mol. The molecule has 0 radical (unpaired) electrons. The van der Waals surface area contributed by atoms with E-state index in [9.17, 15) is 0 Å². The van der Waals surface area contributed by atoms with Gasteiger partial charge in [0.1, 0.15) is 12.0 Å². The third-order valence-corrected chi connectivity index (χ3v) is 6.74. The van der Waals surface area contributed by atoms with Gasteiger partial charge in [-0.15, -0.1) is 0 Å². The van der Waals surface area contributed by atoms with Crippen LogP contribution in [0.25, 0.3) is 0 Å². The molecule has 0 aromatic heterocycles. The lowest BCUT2D eigenvalue weighted by atomic mass is 9.90. The summed E-state index contributed by atoms with van der Waals surface area (Å²) in [6.45, 7) is 8.69. The van der Waals surface area contributed by atoms with Crippen LogP contribution in [-0.2, 0) is 0 Å². The van der Waals surface area contributed by atoms with Gasteiger partial charge >= 0.3 is 0 Å². The molecule has 0 fully saturated rings. The first kappa shape index (κ1) is 22.4. The highest BCUT2D eigenvalue weighted by atomic mass is 15.1. The fourth-order valence-electron chi connectivity index (χ4n) is 5.03. The molecular formula is C30H34N4. The Morgan fingerprint density at radius 2 is 1.71 bits per heavy atom. The highest BCUT2D eigenvalue weighted by Gasteiger charge is 2.25. The van der Waals surface area contributed by atoms with Crippen LogP contribution >= 0.6 is 0 Å². The number of rotatable bonds is 4. The Labute approximate surface area is 203 Å². The average molecular weight is 451 g/mol. The molecule has 34 heavy (non-hydrogen) atoms. The lowest BCUT2D eigenvalue weighted by Gasteiger charge is -2.30. The smallest absolute Gasteiger partial charge is 0.145 e. The third kappa shape index (κ3) is 4.91. The van der Waals surface area contributed by atoms with Gasteiger partial charge < -0.3 is 10.6 Å². The van der Waals surface area contributed by atoms with Crippen LogP contribution in [0.15, 0.2) is 94.1 Å². The molecule has 5 rings (SSSR count). The van der Waals surface area contributed by atoms with Gasteiger partial charge in [0.25, 0.3) is 0 Å². The Morgan fingerprint density at radius 3 is 2.41 bits per heavy atom. The lowest BCUT2D eigenvalue weighted by molar-refractivity contribution is 0.512. The topological polar surface area (TPSA) is 48.8 Å². The minimum Gasteiger partial charge on any atom is -0.367 e. The van der Waals surface area contributed by atoms with Crippen molar-refractivity contribution in [2.45, 2.75) is 58.8 Å². The van der Waals surface area contributed by atoms with Crippen LogP contribution in [0.2, 0.25) is 0 Å². The molecule has 4 atom stereocenters. The molecule has 4 heteroatoms. The fourth-order valence-corrected chi connectivity index (χ4v) is 5.03. The van der Waals surface area contributed by atoms with E-state index >= 15 is 0 Å². The number of benzene rings is 2. The van der Waals surface area contributed by atoms with Gasteiger partial charge in [-0.05, 0) is 58.2 Å². The molecule has 4 unspecified atom stereocenters. The van der Waals surface area contributed by atoms with E-state index in [0.717, 1.165) is 30.0 Å². The molecule has 2 aliphatic heterocycles. The quantitative estimate of drug-likeness (QED) is 0.605.